The molecule has 2 aliphatic heterocycles. The SMILES string of the molecule is C=CCOC(=O)N1C[C@H](OC(=O)N(C)C)C[C@H]1C=C(C)C(=O)C[C@H]1NC(=O)[C@H]1[C@@H](CO[SiH](C)C)C(C)(C)C. The number of nitrogens with zero attached hydrogens (tertiary/aromatic N) is 2. The number of hydrogen-bond donors (Lipinski definition) is 1. The second-order valence-electron chi connectivity index (χ2n) is 11.7. The van der Waals surface area contributed by atoms with E-state index in [9.17, 15) is 19.2 Å². The second kappa shape index (κ2) is 13.4. The molecule has 2 saturated heterocycles. The molecule has 1 N–H and O–H groups in total. The van der Waals surface area contributed by atoms with Gasteiger partial charge in [-0.05, 0) is 36.9 Å². The fourth-order valence-electron chi connectivity index (χ4n) is 4.77. The third kappa shape index (κ3) is 8.42. The van der Waals surface area contributed by atoms with Gasteiger partial charge in [0.25, 0.3) is 0 Å². The molecule has 2 rings (SSSR count). The zero-order chi connectivity index (χ0) is 28.8. The van der Waals surface area contributed by atoms with Crippen LogP contribution in [0.15, 0.2) is 24.3 Å². The standard InChI is InChI=1S/C27H45N3O7Si/c1-10-11-35-26(34)30-15-19(37-25(33)29(6)7)13-18(30)12-17(2)22(31)14-21-23(24(32)28-21)20(27(3,4)5)16-36-38(8)9/h10,12,18-21,23,38H,1,11,13-16H2,2-9H3,(H,28,32)/t18-,19-,20-,21-,23+/m1/s1. The number of ether oxygens (including phenoxy) is 2. The summed E-state index contributed by atoms with van der Waals surface area (Å²) in [5.41, 5.74) is 0.321. The third-order valence-electron chi connectivity index (χ3n) is 7.00. The van der Waals surface area contributed by atoms with Crippen LogP contribution in [0.4, 0.5) is 9.59 Å². The molecular formula is C27H45N3O7Si. The number of likely N-dealkylation sites (tertiary alicyclic amines) is 1. The Morgan fingerprint density at radius 1 is 1.26 bits per heavy atom. The molecule has 2 aliphatic rings. The van der Waals surface area contributed by atoms with Crippen LogP contribution in [-0.2, 0) is 23.5 Å². The van der Waals surface area contributed by atoms with Crippen molar-refractivity contribution in [2.24, 2.45) is 17.3 Å². The Kier molecular flexibility index (Phi) is 11.1. The van der Waals surface area contributed by atoms with E-state index in [1.165, 1.54) is 15.9 Å². The quantitative estimate of drug-likeness (QED) is 0.182. The lowest BCUT2D eigenvalue weighted by atomic mass is 9.66. The smallest absolute Gasteiger partial charge is 0.410 e. The van der Waals surface area contributed by atoms with Gasteiger partial charge in [0.15, 0.2) is 14.8 Å². The van der Waals surface area contributed by atoms with Crippen molar-refractivity contribution in [2.75, 3.05) is 33.9 Å². The molecule has 214 valence electrons. The topological polar surface area (TPSA) is 114 Å². The number of β-lactam (4-membered cyclic amide) rings is 1. The predicted molar refractivity (Wildman–Crippen MR) is 147 cm³/mol. The summed E-state index contributed by atoms with van der Waals surface area (Å²) in [6.07, 6.45) is 2.11. The molecule has 0 bridgehead atoms. The molecule has 10 nitrogen and oxygen atoms in total. The first kappa shape index (κ1) is 31.6. The van der Waals surface area contributed by atoms with Gasteiger partial charge in [0.2, 0.25) is 5.91 Å². The first-order chi connectivity index (χ1) is 17.6. The maximum absolute atomic E-state index is 13.2. The van der Waals surface area contributed by atoms with Gasteiger partial charge in [-0.25, -0.2) is 9.59 Å². The van der Waals surface area contributed by atoms with Gasteiger partial charge in [-0.1, -0.05) is 39.5 Å². The number of carbonyl (C=O) groups excluding carboxylic acids is 4. The highest BCUT2D eigenvalue weighted by Gasteiger charge is 2.49. The summed E-state index contributed by atoms with van der Waals surface area (Å²) >= 11 is 0. The van der Waals surface area contributed by atoms with Crippen molar-refractivity contribution < 1.29 is 33.1 Å². The van der Waals surface area contributed by atoms with E-state index in [2.05, 4.69) is 45.8 Å². The van der Waals surface area contributed by atoms with Crippen LogP contribution in [-0.4, -0.2) is 94.8 Å². The van der Waals surface area contributed by atoms with Crippen LogP contribution in [0.5, 0.6) is 0 Å². The Labute approximate surface area is 228 Å². The van der Waals surface area contributed by atoms with Crippen LogP contribution in [0, 0.1) is 17.3 Å². The predicted octanol–water partition coefficient (Wildman–Crippen LogP) is 3.13. The van der Waals surface area contributed by atoms with Gasteiger partial charge in [0.05, 0.1) is 18.5 Å². The summed E-state index contributed by atoms with van der Waals surface area (Å²) in [5.74, 6) is -0.465. The van der Waals surface area contributed by atoms with Gasteiger partial charge in [-0.2, -0.15) is 0 Å². The lowest BCUT2D eigenvalue weighted by Crippen LogP contribution is -2.63. The Hall–Kier alpha value is -2.66. The van der Waals surface area contributed by atoms with Gasteiger partial charge in [0, 0.05) is 39.6 Å². The van der Waals surface area contributed by atoms with E-state index in [0.29, 0.717) is 18.6 Å². The molecule has 11 heteroatoms. The molecule has 2 heterocycles. The molecule has 0 unspecified atom stereocenters. The van der Waals surface area contributed by atoms with E-state index >= 15 is 0 Å². The number of nitrogens with one attached hydrogen (secondary N) is 1. The van der Waals surface area contributed by atoms with Gasteiger partial charge in [-0.3, -0.25) is 14.5 Å². The number of ketones is 1. The van der Waals surface area contributed by atoms with E-state index in [1.54, 1.807) is 27.1 Å². The molecule has 0 spiro atoms. The summed E-state index contributed by atoms with van der Waals surface area (Å²) in [4.78, 5) is 53.3. The lowest BCUT2D eigenvalue weighted by Gasteiger charge is -2.46. The van der Waals surface area contributed by atoms with Crippen molar-refractivity contribution in [3.05, 3.63) is 24.3 Å². The molecule has 0 aromatic rings. The minimum Gasteiger partial charge on any atom is -0.445 e. The molecule has 2 fully saturated rings. The molecule has 0 aromatic carbocycles. The van der Waals surface area contributed by atoms with Gasteiger partial charge in [0.1, 0.15) is 12.7 Å². The van der Waals surface area contributed by atoms with Crippen LogP contribution < -0.4 is 5.32 Å². The maximum atomic E-state index is 13.2. The molecule has 3 amide bonds. The van der Waals surface area contributed by atoms with E-state index < -0.39 is 33.4 Å². The Bertz CT molecular complexity index is 928. The number of amides is 3. The number of carbonyl (C=O) groups is 4. The molecule has 0 saturated carbocycles. The van der Waals surface area contributed by atoms with Crippen molar-refractivity contribution >= 4 is 32.9 Å². The van der Waals surface area contributed by atoms with Crippen molar-refractivity contribution in [1.82, 2.24) is 15.1 Å². The number of hydrogen-bond acceptors (Lipinski definition) is 7. The minimum absolute atomic E-state index is 0.00895. The van der Waals surface area contributed by atoms with Crippen LogP contribution in [0.3, 0.4) is 0 Å². The number of Topliss-reactive ketones (excluding diaryl/α,β-unsaturated/α-hetero) is 1. The largest absolute Gasteiger partial charge is 0.445 e. The van der Waals surface area contributed by atoms with Crippen molar-refractivity contribution in [3.8, 4) is 0 Å². The fraction of sp³-hybridized carbons (Fsp3) is 0.704. The molecule has 38 heavy (non-hydrogen) atoms. The summed E-state index contributed by atoms with van der Waals surface area (Å²) in [6, 6.07) is -0.749. The molecule has 0 aromatic heterocycles. The zero-order valence-corrected chi connectivity index (χ0v) is 25.3. The molecule has 0 aliphatic carbocycles. The summed E-state index contributed by atoms with van der Waals surface area (Å²) in [5, 5.41) is 2.91. The highest BCUT2D eigenvalue weighted by atomic mass is 28.3. The average Bonchev–Trinajstić information content (AvgIpc) is 3.20. The van der Waals surface area contributed by atoms with Gasteiger partial charge < -0.3 is 24.1 Å². The fourth-order valence-corrected chi connectivity index (χ4v) is 5.36. The van der Waals surface area contributed by atoms with Gasteiger partial charge in [-0.15, -0.1) is 0 Å². The van der Waals surface area contributed by atoms with Crippen LogP contribution in [0.1, 0.15) is 40.5 Å². The second-order valence-corrected chi connectivity index (χ2v) is 14.1. The Morgan fingerprint density at radius 3 is 2.45 bits per heavy atom. The average molecular weight is 552 g/mol. The van der Waals surface area contributed by atoms with Crippen LogP contribution in [0.25, 0.3) is 0 Å². The molecule has 0 radical (unpaired) electrons. The van der Waals surface area contributed by atoms with Crippen molar-refractivity contribution in [1.29, 1.82) is 0 Å². The first-order valence-electron chi connectivity index (χ1n) is 13.2. The highest BCUT2D eigenvalue weighted by Crippen LogP contribution is 2.39. The zero-order valence-electron chi connectivity index (χ0n) is 24.1. The maximum Gasteiger partial charge on any atom is 0.410 e. The number of allylic oxidation sites excluding steroid dienone is 1. The lowest BCUT2D eigenvalue weighted by molar-refractivity contribution is -0.143. The van der Waals surface area contributed by atoms with Crippen molar-refractivity contribution in [2.45, 2.75) is 71.8 Å². The van der Waals surface area contributed by atoms with Crippen molar-refractivity contribution in [3.63, 3.8) is 0 Å². The molecule has 5 atom stereocenters. The van der Waals surface area contributed by atoms with E-state index in [-0.39, 0.29) is 54.6 Å². The Balaban J connectivity index is 2.15. The third-order valence-corrected chi connectivity index (χ3v) is 7.86. The Morgan fingerprint density at radius 2 is 1.92 bits per heavy atom. The first-order valence-corrected chi connectivity index (χ1v) is 16.0. The highest BCUT2D eigenvalue weighted by molar-refractivity contribution is 6.48. The van der Waals surface area contributed by atoms with Gasteiger partial charge >= 0.3 is 12.2 Å². The van der Waals surface area contributed by atoms with E-state index in [0.717, 1.165) is 0 Å². The van der Waals surface area contributed by atoms with E-state index in [1.807, 2.05) is 0 Å². The van der Waals surface area contributed by atoms with Crippen LogP contribution in [0.2, 0.25) is 13.1 Å². The summed E-state index contributed by atoms with van der Waals surface area (Å²) in [6.45, 7) is 16.5. The summed E-state index contributed by atoms with van der Waals surface area (Å²) < 4.78 is 16.7. The minimum atomic E-state index is -1.26. The summed E-state index contributed by atoms with van der Waals surface area (Å²) in [7, 11) is 1.91. The monoisotopic (exact) mass is 551 g/mol. The van der Waals surface area contributed by atoms with E-state index in [4.69, 9.17) is 13.9 Å². The normalized spacial score (nSPS) is 24.4. The molecular weight excluding hydrogens is 506 g/mol. The number of rotatable bonds is 11. The van der Waals surface area contributed by atoms with Crippen LogP contribution >= 0.6 is 0 Å².